The van der Waals surface area contributed by atoms with E-state index in [4.69, 9.17) is 18.6 Å². The minimum Gasteiger partial charge on any atom is -0.489 e. The third kappa shape index (κ3) is 8.03. The van der Waals surface area contributed by atoms with Crippen LogP contribution >= 0.6 is 0 Å². The maximum Gasteiger partial charge on any atom is 0.387 e. The van der Waals surface area contributed by atoms with Crippen molar-refractivity contribution >= 4 is 11.9 Å². The van der Waals surface area contributed by atoms with Crippen molar-refractivity contribution in [3.8, 4) is 28.7 Å². The van der Waals surface area contributed by atoms with Crippen molar-refractivity contribution in [3.63, 3.8) is 0 Å². The zero-order valence-corrected chi connectivity index (χ0v) is 21.5. The number of aromatic nitrogens is 1. The summed E-state index contributed by atoms with van der Waals surface area (Å²) in [5.74, 6) is -0.316. The summed E-state index contributed by atoms with van der Waals surface area (Å²) in [6.07, 6.45) is 1.38. The third-order valence-corrected chi connectivity index (χ3v) is 5.40. The van der Waals surface area contributed by atoms with Crippen LogP contribution in [0.25, 0.3) is 11.5 Å². The van der Waals surface area contributed by atoms with E-state index in [0.29, 0.717) is 22.6 Å². The Morgan fingerprint density at radius 2 is 1.70 bits per heavy atom. The smallest absolute Gasteiger partial charge is 0.387 e. The molecule has 1 amide bonds. The minimum absolute atomic E-state index is 0.0497. The normalized spacial score (nSPS) is 10.7. The van der Waals surface area contributed by atoms with Gasteiger partial charge in [0.2, 0.25) is 5.89 Å². The molecule has 3 aromatic carbocycles. The van der Waals surface area contributed by atoms with E-state index >= 15 is 0 Å². The lowest BCUT2D eigenvalue weighted by Crippen LogP contribution is -2.24. The zero-order valence-electron chi connectivity index (χ0n) is 21.5. The van der Waals surface area contributed by atoms with Crippen LogP contribution in [0.1, 0.15) is 28.5 Å². The average molecular weight is 553 g/mol. The Morgan fingerprint density at radius 1 is 0.925 bits per heavy atom. The molecule has 40 heavy (non-hydrogen) atoms. The molecule has 1 N–H and O–H groups in total. The SMILES string of the molecule is CC(=O)OCCOc1ccccc1C(=O)NCc1coc(-c2ccc(OC(F)F)c(OCc3ccccc3)c2)n1. The Hall–Kier alpha value is -4.93. The number of oxazole rings is 1. The molecule has 0 bridgehead atoms. The number of hydrogen-bond donors (Lipinski definition) is 1. The van der Waals surface area contributed by atoms with E-state index in [-0.39, 0.29) is 43.8 Å². The molecule has 1 heterocycles. The van der Waals surface area contributed by atoms with Gasteiger partial charge in [-0.25, -0.2) is 4.98 Å². The Morgan fingerprint density at radius 3 is 2.48 bits per heavy atom. The van der Waals surface area contributed by atoms with Crippen LogP contribution in [-0.4, -0.2) is 36.7 Å². The summed E-state index contributed by atoms with van der Waals surface area (Å²) >= 11 is 0. The van der Waals surface area contributed by atoms with E-state index in [0.717, 1.165) is 5.56 Å². The van der Waals surface area contributed by atoms with Gasteiger partial charge >= 0.3 is 12.6 Å². The molecule has 0 unspecified atom stereocenters. The van der Waals surface area contributed by atoms with Gasteiger partial charge in [-0.1, -0.05) is 42.5 Å². The number of hydrogen-bond acceptors (Lipinski definition) is 8. The average Bonchev–Trinajstić information content (AvgIpc) is 3.43. The second-order valence-electron chi connectivity index (χ2n) is 8.33. The maximum atomic E-state index is 12.9. The van der Waals surface area contributed by atoms with Gasteiger partial charge in [-0.05, 0) is 35.9 Å². The molecular weight excluding hydrogens is 526 g/mol. The molecule has 0 fully saturated rings. The topological polar surface area (TPSA) is 109 Å². The molecule has 1 aromatic heterocycles. The van der Waals surface area contributed by atoms with E-state index in [2.05, 4.69) is 15.0 Å². The van der Waals surface area contributed by atoms with Crippen LogP contribution in [-0.2, 0) is 22.7 Å². The molecule has 4 rings (SSSR count). The molecule has 0 spiro atoms. The Balaban J connectivity index is 1.41. The zero-order chi connectivity index (χ0) is 28.3. The molecule has 0 aliphatic rings. The van der Waals surface area contributed by atoms with Crippen LogP contribution in [0, 0.1) is 0 Å². The first-order chi connectivity index (χ1) is 19.4. The number of alkyl halides is 2. The molecule has 0 radical (unpaired) electrons. The van der Waals surface area contributed by atoms with Crippen LogP contribution in [0.2, 0.25) is 0 Å². The van der Waals surface area contributed by atoms with E-state index in [1.54, 1.807) is 24.3 Å². The van der Waals surface area contributed by atoms with Gasteiger partial charge in [-0.15, -0.1) is 0 Å². The maximum absolute atomic E-state index is 12.9. The quantitative estimate of drug-likeness (QED) is 0.174. The fourth-order valence-electron chi connectivity index (χ4n) is 3.59. The Labute approximate surface area is 228 Å². The predicted octanol–water partition coefficient (Wildman–Crippen LogP) is 5.39. The van der Waals surface area contributed by atoms with Gasteiger partial charge in [0.1, 0.15) is 31.8 Å². The van der Waals surface area contributed by atoms with Crippen molar-refractivity contribution in [2.75, 3.05) is 13.2 Å². The molecule has 0 saturated carbocycles. The molecule has 0 aliphatic carbocycles. The minimum atomic E-state index is -3.02. The van der Waals surface area contributed by atoms with Crippen molar-refractivity contribution < 1.29 is 41.7 Å². The van der Waals surface area contributed by atoms with Crippen molar-refractivity contribution in [1.82, 2.24) is 10.3 Å². The standard InChI is InChI=1S/C29H26F2N2O7/c1-19(34)36-13-14-37-24-10-6-5-9-23(24)27(35)32-16-22-18-39-28(33-22)21-11-12-25(40-29(30)31)26(15-21)38-17-20-7-3-2-4-8-20/h2-12,15,18,29H,13-14,16-17H2,1H3,(H,32,35). The number of carbonyl (C=O) groups excluding carboxylic acids is 2. The fraction of sp³-hybridized carbons (Fsp3) is 0.207. The molecular formula is C29H26F2N2O7. The fourth-order valence-corrected chi connectivity index (χ4v) is 3.59. The van der Waals surface area contributed by atoms with Gasteiger partial charge in [-0.3, -0.25) is 9.59 Å². The molecule has 9 nitrogen and oxygen atoms in total. The van der Waals surface area contributed by atoms with Gasteiger partial charge in [0.15, 0.2) is 11.5 Å². The summed E-state index contributed by atoms with van der Waals surface area (Å²) in [5, 5.41) is 2.75. The largest absolute Gasteiger partial charge is 0.489 e. The van der Waals surface area contributed by atoms with Crippen LogP contribution < -0.4 is 19.5 Å². The number of nitrogens with one attached hydrogen (secondary N) is 1. The lowest BCUT2D eigenvalue weighted by molar-refractivity contribution is -0.141. The second-order valence-corrected chi connectivity index (χ2v) is 8.33. The highest BCUT2D eigenvalue weighted by atomic mass is 19.3. The molecule has 0 saturated heterocycles. The summed E-state index contributed by atoms with van der Waals surface area (Å²) < 4.78 is 52.2. The van der Waals surface area contributed by atoms with Gasteiger partial charge in [0.05, 0.1) is 17.8 Å². The number of rotatable bonds is 13. The Kier molecular flexibility index (Phi) is 9.65. The summed E-state index contributed by atoms with van der Waals surface area (Å²) in [6.45, 7) is -1.38. The molecule has 0 aliphatic heterocycles. The number of para-hydroxylation sites is 1. The van der Waals surface area contributed by atoms with Crippen LogP contribution in [0.4, 0.5) is 8.78 Å². The number of halogens is 2. The number of esters is 1. The van der Waals surface area contributed by atoms with Crippen molar-refractivity contribution in [3.05, 3.63) is 95.9 Å². The highest BCUT2D eigenvalue weighted by Crippen LogP contribution is 2.34. The van der Waals surface area contributed by atoms with E-state index < -0.39 is 18.5 Å². The van der Waals surface area contributed by atoms with Crippen LogP contribution in [0.15, 0.2) is 83.5 Å². The highest BCUT2D eigenvalue weighted by Gasteiger charge is 2.17. The van der Waals surface area contributed by atoms with Crippen LogP contribution in [0.3, 0.4) is 0 Å². The van der Waals surface area contributed by atoms with Gasteiger partial charge in [-0.2, -0.15) is 8.78 Å². The summed E-state index contributed by atoms with van der Waals surface area (Å²) in [6, 6.07) is 20.3. The first-order valence-corrected chi connectivity index (χ1v) is 12.2. The molecule has 208 valence electrons. The lowest BCUT2D eigenvalue weighted by atomic mass is 10.2. The molecule has 11 heteroatoms. The molecule has 4 aromatic rings. The van der Waals surface area contributed by atoms with Crippen molar-refractivity contribution in [2.45, 2.75) is 26.7 Å². The summed E-state index contributed by atoms with van der Waals surface area (Å²) in [7, 11) is 0. The summed E-state index contributed by atoms with van der Waals surface area (Å²) in [5.41, 5.74) is 2.04. The van der Waals surface area contributed by atoms with Crippen molar-refractivity contribution in [1.29, 1.82) is 0 Å². The number of ether oxygens (including phenoxy) is 4. The van der Waals surface area contributed by atoms with Crippen molar-refractivity contribution in [2.24, 2.45) is 0 Å². The van der Waals surface area contributed by atoms with E-state index in [1.165, 1.54) is 31.4 Å². The monoisotopic (exact) mass is 552 g/mol. The van der Waals surface area contributed by atoms with E-state index in [9.17, 15) is 18.4 Å². The van der Waals surface area contributed by atoms with Crippen LogP contribution in [0.5, 0.6) is 17.2 Å². The molecule has 0 atom stereocenters. The van der Waals surface area contributed by atoms with Gasteiger partial charge in [0, 0.05) is 12.5 Å². The Bertz CT molecular complexity index is 1430. The van der Waals surface area contributed by atoms with Gasteiger partial charge < -0.3 is 28.7 Å². The first-order valence-electron chi connectivity index (χ1n) is 12.2. The second kappa shape index (κ2) is 13.7. The first kappa shape index (κ1) is 28.1. The number of benzene rings is 3. The summed E-state index contributed by atoms with van der Waals surface area (Å²) in [4.78, 5) is 28.1. The highest BCUT2D eigenvalue weighted by molar-refractivity contribution is 5.96. The number of nitrogens with zero attached hydrogens (tertiary/aromatic N) is 1. The number of carbonyl (C=O) groups is 2. The lowest BCUT2D eigenvalue weighted by Gasteiger charge is -2.13. The van der Waals surface area contributed by atoms with Gasteiger partial charge in [0.25, 0.3) is 5.91 Å². The predicted molar refractivity (Wildman–Crippen MR) is 139 cm³/mol. The third-order valence-electron chi connectivity index (χ3n) is 5.40. The van der Waals surface area contributed by atoms with E-state index in [1.807, 2.05) is 30.3 Å². The number of amides is 1.